The van der Waals surface area contributed by atoms with E-state index in [1.807, 2.05) is 26.0 Å². The van der Waals surface area contributed by atoms with Crippen molar-refractivity contribution in [2.24, 2.45) is 0 Å². The molecule has 0 amide bonds. The van der Waals surface area contributed by atoms with E-state index in [1.165, 1.54) is 11.8 Å². The van der Waals surface area contributed by atoms with Crippen LogP contribution < -0.4 is 0 Å². The Morgan fingerprint density at radius 1 is 1.56 bits per heavy atom. The van der Waals surface area contributed by atoms with Gasteiger partial charge in [-0.1, -0.05) is 18.7 Å². The second-order valence-electron chi connectivity index (χ2n) is 3.08. The second-order valence-corrected chi connectivity index (χ2v) is 5.22. The van der Waals surface area contributed by atoms with E-state index in [2.05, 4.69) is 20.9 Å². The molecule has 1 rings (SSSR count). The number of hydrogen-bond acceptors (Lipinski definition) is 4. The summed E-state index contributed by atoms with van der Waals surface area (Å²) in [6.07, 6.45) is 2.46. The predicted octanol–water partition coefficient (Wildman–Crippen LogP) is 3.28. The van der Waals surface area contributed by atoms with Crippen LogP contribution in [0, 0.1) is 0 Å². The van der Waals surface area contributed by atoms with E-state index in [-0.39, 0.29) is 11.2 Å². The average molecular weight is 304 g/mol. The number of rotatable bonds is 5. The van der Waals surface area contributed by atoms with Crippen molar-refractivity contribution in [3.05, 3.63) is 22.8 Å². The van der Waals surface area contributed by atoms with Gasteiger partial charge in [0.25, 0.3) is 0 Å². The summed E-state index contributed by atoms with van der Waals surface area (Å²) in [6, 6.07) is 3.80. The van der Waals surface area contributed by atoms with E-state index in [4.69, 9.17) is 4.74 Å². The largest absolute Gasteiger partial charge is 0.465 e. The fourth-order valence-electron chi connectivity index (χ4n) is 1.11. The van der Waals surface area contributed by atoms with Crippen molar-refractivity contribution in [2.45, 2.75) is 30.5 Å². The zero-order valence-corrected chi connectivity index (χ0v) is 11.7. The average Bonchev–Trinajstić information content (AvgIpc) is 2.28. The first-order valence-electron chi connectivity index (χ1n) is 5.12. The maximum Gasteiger partial charge on any atom is 0.319 e. The Labute approximate surface area is 108 Å². The van der Waals surface area contributed by atoms with Gasteiger partial charge in [-0.3, -0.25) is 4.79 Å². The molecule has 0 aliphatic rings. The third kappa shape index (κ3) is 4.14. The summed E-state index contributed by atoms with van der Waals surface area (Å²) >= 11 is 4.76. The van der Waals surface area contributed by atoms with E-state index in [0.29, 0.717) is 6.61 Å². The summed E-state index contributed by atoms with van der Waals surface area (Å²) in [5.74, 6) is -0.167. The number of carbonyl (C=O) groups excluding carboxylic acids is 1. The van der Waals surface area contributed by atoms with Gasteiger partial charge >= 0.3 is 5.97 Å². The molecule has 0 aromatic carbocycles. The van der Waals surface area contributed by atoms with Crippen molar-refractivity contribution >= 4 is 33.7 Å². The molecule has 0 radical (unpaired) electrons. The minimum Gasteiger partial charge on any atom is -0.465 e. The molecule has 0 aliphatic carbocycles. The van der Waals surface area contributed by atoms with E-state index in [9.17, 15) is 4.79 Å². The minimum atomic E-state index is -0.173. The lowest BCUT2D eigenvalue weighted by molar-refractivity contribution is -0.142. The molecule has 1 atom stereocenters. The molecule has 16 heavy (non-hydrogen) atoms. The summed E-state index contributed by atoms with van der Waals surface area (Å²) < 4.78 is 5.93. The van der Waals surface area contributed by atoms with Crippen LogP contribution in [0.25, 0.3) is 0 Å². The fraction of sp³-hybridized carbons (Fsp3) is 0.455. The molecule has 0 fully saturated rings. The van der Waals surface area contributed by atoms with Crippen molar-refractivity contribution in [3.63, 3.8) is 0 Å². The van der Waals surface area contributed by atoms with Gasteiger partial charge in [0.2, 0.25) is 0 Å². The van der Waals surface area contributed by atoms with Crippen LogP contribution in [-0.2, 0) is 9.53 Å². The number of carbonyl (C=O) groups is 1. The standard InChI is InChI=1S/C11H14BrNO2S/c1-3-9(11(14)15-4-2)16-10-6-5-8(12)7-13-10/h5-7,9H,3-4H2,1-2H3. The Balaban J connectivity index is 2.62. The SMILES string of the molecule is CCOC(=O)C(CC)Sc1ccc(Br)cn1. The maximum atomic E-state index is 11.6. The van der Waals surface area contributed by atoms with Crippen LogP contribution in [0.15, 0.2) is 27.8 Å². The highest BCUT2D eigenvalue weighted by atomic mass is 79.9. The smallest absolute Gasteiger partial charge is 0.319 e. The molecule has 0 spiro atoms. The van der Waals surface area contributed by atoms with Gasteiger partial charge in [-0.25, -0.2) is 4.98 Å². The second kappa shape index (κ2) is 6.91. The van der Waals surface area contributed by atoms with E-state index in [0.717, 1.165) is 15.9 Å². The molecule has 88 valence electrons. The van der Waals surface area contributed by atoms with Gasteiger partial charge in [0.15, 0.2) is 0 Å². The quantitative estimate of drug-likeness (QED) is 0.618. The van der Waals surface area contributed by atoms with E-state index in [1.54, 1.807) is 6.20 Å². The third-order valence-corrected chi connectivity index (χ3v) is 3.65. The first-order valence-corrected chi connectivity index (χ1v) is 6.79. The Hall–Kier alpha value is -0.550. The Bertz CT molecular complexity index is 342. The van der Waals surface area contributed by atoms with Gasteiger partial charge in [0, 0.05) is 10.7 Å². The van der Waals surface area contributed by atoms with Crippen LogP contribution in [0.5, 0.6) is 0 Å². The fourth-order valence-corrected chi connectivity index (χ4v) is 2.23. The van der Waals surface area contributed by atoms with Gasteiger partial charge in [-0.15, -0.1) is 0 Å². The van der Waals surface area contributed by atoms with Crippen molar-refractivity contribution in [1.82, 2.24) is 4.98 Å². The third-order valence-electron chi connectivity index (χ3n) is 1.88. The summed E-state index contributed by atoms with van der Waals surface area (Å²) in [6.45, 7) is 4.20. The molecule has 1 heterocycles. The number of ether oxygens (including phenoxy) is 1. The maximum absolute atomic E-state index is 11.6. The molecular formula is C11H14BrNO2S. The first kappa shape index (κ1) is 13.5. The van der Waals surface area contributed by atoms with E-state index < -0.39 is 0 Å². The van der Waals surface area contributed by atoms with Crippen LogP contribution >= 0.6 is 27.7 Å². The highest BCUT2D eigenvalue weighted by Crippen LogP contribution is 2.25. The number of nitrogens with zero attached hydrogens (tertiary/aromatic N) is 1. The summed E-state index contributed by atoms with van der Waals surface area (Å²) in [4.78, 5) is 15.8. The van der Waals surface area contributed by atoms with Gasteiger partial charge in [0.05, 0.1) is 11.6 Å². The summed E-state index contributed by atoms with van der Waals surface area (Å²) in [7, 11) is 0. The first-order chi connectivity index (χ1) is 7.67. The number of aromatic nitrogens is 1. The van der Waals surface area contributed by atoms with Crippen molar-refractivity contribution in [2.75, 3.05) is 6.61 Å². The monoisotopic (exact) mass is 303 g/mol. The Morgan fingerprint density at radius 2 is 2.31 bits per heavy atom. The number of esters is 1. The van der Waals surface area contributed by atoms with Crippen LogP contribution in [0.2, 0.25) is 0 Å². The molecule has 0 aliphatic heterocycles. The number of halogens is 1. The molecule has 0 bridgehead atoms. The van der Waals surface area contributed by atoms with Crippen molar-refractivity contribution in [3.8, 4) is 0 Å². The lowest BCUT2D eigenvalue weighted by Gasteiger charge is -2.12. The van der Waals surface area contributed by atoms with Gasteiger partial charge < -0.3 is 4.74 Å². The molecular weight excluding hydrogens is 290 g/mol. The molecule has 1 aromatic heterocycles. The van der Waals surface area contributed by atoms with Gasteiger partial charge in [0.1, 0.15) is 5.25 Å². The lowest BCUT2D eigenvalue weighted by atomic mass is 10.3. The van der Waals surface area contributed by atoms with Crippen molar-refractivity contribution < 1.29 is 9.53 Å². The molecule has 0 saturated heterocycles. The number of thioether (sulfide) groups is 1. The number of hydrogen-bond donors (Lipinski definition) is 0. The topological polar surface area (TPSA) is 39.2 Å². The van der Waals surface area contributed by atoms with Crippen LogP contribution in [-0.4, -0.2) is 22.8 Å². The Morgan fingerprint density at radius 3 is 2.81 bits per heavy atom. The molecule has 5 heteroatoms. The lowest BCUT2D eigenvalue weighted by Crippen LogP contribution is -2.19. The number of pyridine rings is 1. The summed E-state index contributed by atoms with van der Waals surface area (Å²) in [5, 5.41) is 0.664. The van der Waals surface area contributed by atoms with Gasteiger partial charge in [-0.05, 0) is 41.4 Å². The zero-order chi connectivity index (χ0) is 12.0. The van der Waals surface area contributed by atoms with Crippen LogP contribution in [0.4, 0.5) is 0 Å². The van der Waals surface area contributed by atoms with Crippen LogP contribution in [0.3, 0.4) is 0 Å². The van der Waals surface area contributed by atoms with Gasteiger partial charge in [-0.2, -0.15) is 0 Å². The van der Waals surface area contributed by atoms with E-state index >= 15 is 0 Å². The Kier molecular flexibility index (Phi) is 5.84. The molecule has 1 aromatic rings. The highest BCUT2D eigenvalue weighted by Gasteiger charge is 2.19. The highest BCUT2D eigenvalue weighted by molar-refractivity contribution is 9.10. The molecule has 0 N–H and O–H groups in total. The minimum absolute atomic E-state index is 0.167. The molecule has 1 unspecified atom stereocenters. The van der Waals surface area contributed by atoms with Crippen LogP contribution in [0.1, 0.15) is 20.3 Å². The zero-order valence-electron chi connectivity index (χ0n) is 9.27. The normalized spacial score (nSPS) is 12.2. The molecule has 0 saturated carbocycles. The van der Waals surface area contributed by atoms with Crippen molar-refractivity contribution in [1.29, 1.82) is 0 Å². The summed E-state index contributed by atoms with van der Waals surface area (Å²) in [5.41, 5.74) is 0. The molecule has 3 nitrogen and oxygen atoms in total. The predicted molar refractivity (Wildman–Crippen MR) is 68.5 cm³/mol.